The zero-order valence-electron chi connectivity index (χ0n) is 13.8. The van der Waals surface area contributed by atoms with Gasteiger partial charge in [0.2, 0.25) is 15.9 Å². The number of aryl methyl sites for hydroxylation is 1. The van der Waals surface area contributed by atoms with Crippen molar-refractivity contribution in [3.63, 3.8) is 0 Å². The Bertz CT molecular complexity index is 820. The van der Waals surface area contributed by atoms with E-state index in [0.29, 0.717) is 38.8 Å². The molecule has 2 heterocycles. The Morgan fingerprint density at radius 2 is 2.00 bits per heavy atom. The first-order valence-corrected chi connectivity index (χ1v) is 10.1. The average Bonchev–Trinajstić information content (AvgIpc) is 2.96. The van der Waals surface area contributed by atoms with Gasteiger partial charge in [0.15, 0.2) is 0 Å². The van der Waals surface area contributed by atoms with Gasteiger partial charge in [0.25, 0.3) is 0 Å². The van der Waals surface area contributed by atoms with E-state index in [1.165, 1.54) is 10.6 Å². The minimum atomic E-state index is -3.12. The number of hydrogen-bond donors (Lipinski definition) is 2. The fourth-order valence-electron chi connectivity index (χ4n) is 3.22. The number of nitrogens with zero attached hydrogens (tertiary/aromatic N) is 1. The van der Waals surface area contributed by atoms with E-state index in [9.17, 15) is 13.2 Å². The van der Waals surface area contributed by atoms with Crippen LogP contribution in [0.1, 0.15) is 24.8 Å². The first kappa shape index (κ1) is 17.0. The van der Waals surface area contributed by atoms with Crippen molar-refractivity contribution in [3.8, 4) is 0 Å². The quantitative estimate of drug-likeness (QED) is 0.861. The second-order valence-corrected chi connectivity index (χ2v) is 8.35. The van der Waals surface area contributed by atoms with Crippen LogP contribution in [0.25, 0.3) is 10.9 Å². The fraction of sp³-hybridized carbons (Fsp3) is 0.471. The standard InChI is InChI=1S/C17H23N3O3S/c1-24(22,23)20-10-8-14(9-11-20)19-17(21)7-6-13-12-18-16-5-3-2-4-15(13)16/h2-5,12,14,18H,6-11H2,1H3,(H,19,21). The summed E-state index contributed by atoms with van der Waals surface area (Å²) in [5.74, 6) is 0.0260. The predicted molar refractivity (Wildman–Crippen MR) is 94.2 cm³/mol. The van der Waals surface area contributed by atoms with Crippen molar-refractivity contribution < 1.29 is 13.2 Å². The molecule has 1 aliphatic rings. The minimum absolute atomic E-state index is 0.0260. The maximum Gasteiger partial charge on any atom is 0.220 e. The molecule has 2 N–H and O–H groups in total. The lowest BCUT2D eigenvalue weighted by Crippen LogP contribution is -2.46. The van der Waals surface area contributed by atoms with Crippen LogP contribution in [0.2, 0.25) is 0 Å². The lowest BCUT2D eigenvalue weighted by atomic mass is 10.1. The number of para-hydroxylation sites is 1. The van der Waals surface area contributed by atoms with Crippen LogP contribution in [0.5, 0.6) is 0 Å². The van der Waals surface area contributed by atoms with Crippen LogP contribution >= 0.6 is 0 Å². The molecule has 0 radical (unpaired) electrons. The van der Waals surface area contributed by atoms with Crippen molar-refractivity contribution in [2.45, 2.75) is 31.7 Å². The summed E-state index contributed by atoms with van der Waals surface area (Å²) >= 11 is 0. The van der Waals surface area contributed by atoms with Gasteiger partial charge in [0.05, 0.1) is 6.26 Å². The van der Waals surface area contributed by atoms with Crippen molar-refractivity contribution in [1.29, 1.82) is 0 Å². The summed E-state index contributed by atoms with van der Waals surface area (Å²) in [5.41, 5.74) is 2.23. The molecule has 2 aromatic rings. The molecule has 0 atom stereocenters. The van der Waals surface area contributed by atoms with E-state index < -0.39 is 10.0 Å². The van der Waals surface area contributed by atoms with E-state index >= 15 is 0 Å². The number of carbonyl (C=O) groups excluding carboxylic acids is 1. The SMILES string of the molecule is CS(=O)(=O)N1CCC(NC(=O)CCc2c[nH]c3ccccc23)CC1. The normalized spacial score (nSPS) is 17.2. The van der Waals surface area contributed by atoms with Gasteiger partial charge in [-0.05, 0) is 30.9 Å². The highest BCUT2D eigenvalue weighted by atomic mass is 32.2. The number of sulfonamides is 1. The number of piperidine rings is 1. The molecule has 1 aromatic carbocycles. The van der Waals surface area contributed by atoms with Gasteiger partial charge in [0, 0.05) is 42.7 Å². The number of benzene rings is 1. The first-order chi connectivity index (χ1) is 11.4. The van der Waals surface area contributed by atoms with Gasteiger partial charge < -0.3 is 10.3 Å². The first-order valence-electron chi connectivity index (χ1n) is 8.23. The maximum absolute atomic E-state index is 12.2. The van der Waals surface area contributed by atoms with Gasteiger partial charge in [-0.15, -0.1) is 0 Å². The summed E-state index contributed by atoms with van der Waals surface area (Å²) in [6.07, 6.45) is 5.67. The molecular formula is C17H23N3O3S. The highest BCUT2D eigenvalue weighted by Gasteiger charge is 2.25. The van der Waals surface area contributed by atoms with E-state index in [-0.39, 0.29) is 11.9 Å². The third-order valence-electron chi connectivity index (χ3n) is 4.58. The molecule has 6 nitrogen and oxygen atoms in total. The molecule has 1 aliphatic heterocycles. The Kier molecular flexibility index (Phi) is 4.91. The van der Waals surface area contributed by atoms with Crippen molar-refractivity contribution >= 4 is 26.8 Å². The van der Waals surface area contributed by atoms with Crippen LogP contribution in [0.15, 0.2) is 30.5 Å². The van der Waals surface area contributed by atoms with Crippen LogP contribution in [0.3, 0.4) is 0 Å². The number of carbonyl (C=O) groups is 1. The molecule has 1 fully saturated rings. The predicted octanol–water partition coefficient (Wildman–Crippen LogP) is 1.64. The molecule has 0 spiro atoms. The van der Waals surface area contributed by atoms with E-state index in [2.05, 4.69) is 16.4 Å². The summed E-state index contributed by atoms with van der Waals surface area (Å²) in [4.78, 5) is 15.4. The molecule has 0 unspecified atom stereocenters. The van der Waals surface area contributed by atoms with Crippen molar-refractivity contribution in [2.75, 3.05) is 19.3 Å². The van der Waals surface area contributed by atoms with E-state index in [1.54, 1.807) is 0 Å². The molecule has 24 heavy (non-hydrogen) atoms. The third-order valence-corrected chi connectivity index (χ3v) is 5.89. The number of hydrogen-bond acceptors (Lipinski definition) is 3. The number of fused-ring (bicyclic) bond motifs is 1. The van der Waals surface area contributed by atoms with Crippen molar-refractivity contribution in [2.24, 2.45) is 0 Å². The second-order valence-electron chi connectivity index (χ2n) is 6.36. The molecule has 0 saturated carbocycles. The lowest BCUT2D eigenvalue weighted by molar-refractivity contribution is -0.122. The van der Waals surface area contributed by atoms with Gasteiger partial charge in [-0.1, -0.05) is 18.2 Å². The molecule has 7 heteroatoms. The number of amides is 1. The molecular weight excluding hydrogens is 326 g/mol. The van der Waals surface area contributed by atoms with Crippen LogP contribution in [-0.2, 0) is 21.2 Å². The van der Waals surface area contributed by atoms with Crippen LogP contribution in [0.4, 0.5) is 0 Å². The third kappa shape index (κ3) is 3.96. The number of rotatable bonds is 5. The topological polar surface area (TPSA) is 82.3 Å². The molecule has 130 valence electrons. The van der Waals surface area contributed by atoms with E-state index in [1.807, 2.05) is 24.4 Å². The summed E-state index contributed by atoms with van der Waals surface area (Å²) < 4.78 is 24.5. The molecule has 0 bridgehead atoms. The number of nitrogens with one attached hydrogen (secondary N) is 2. The molecule has 1 saturated heterocycles. The number of aromatic nitrogens is 1. The van der Waals surface area contributed by atoms with E-state index in [0.717, 1.165) is 16.5 Å². The second kappa shape index (κ2) is 6.94. The van der Waals surface area contributed by atoms with Gasteiger partial charge in [-0.2, -0.15) is 0 Å². The van der Waals surface area contributed by atoms with Gasteiger partial charge in [-0.25, -0.2) is 12.7 Å². The average molecular weight is 349 g/mol. The summed E-state index contributed by atoms with van der Waals surface area (Å²) in [6, 6.07) is 8.13. The summed E-state index contributed by atoms with van der Waals surface area (Å²) in [7, 11) is -3.12. The zero-order valence-corrected chi connectivity index (χ0v) is 14.6. The zero-order chi connectivity index (χ0) is 17.2. The molecule has 1 aromatic heterocycles. The Labute approximate surface area is 142 Å². The Morgan fingerprint density at radius 1 is 1.29 bits per heavy atom. The van der Waals surface area contributed by atoms with Gasteiger partial charge in [0.1, 0.15) is 0 Å². The van der Waals surface area contributed by atoms with Crippen LogP contribution in [0, 0.1) is 0 Å². The highest BCUT2D eigenvalue weighted by Crippen LogP contribution is 2.19. The smallest absolute Gasteiger partial charge is 0.220 e. The minimum Gasteiger partial charge on any atom is -0.361 e. The van der Waals surface area contributed by atoms with E-state index in [4.69, 9.17) is 0 Å². The number of aromatic amines is 1. The fourth-order valence-corrected chi connectivity index (χ4v) is 4.09. The highest BCUT2D eigenvalue weighted by molar-refractivity contribution is 7.88. The molecule has 0 aliphatic carbocycles. The Balaban J connectivity index is 1.48. The Hall–Kier alpha value is -1.86. The summed E-state index contributed by atoms with van der Waals surface area (Å²) in [6.45, 7) is 0.957. The van der Waals surface area contributed by atoms with Crippen LogP contribution < -0.4 is 5.32 Å². The van der Waals surface area contributed by atoms with Crippen molar-refractivity contribution in [3.05, 3.63) is 36.0 Å². The lowest BCUT2D eigenvalue weighted by Gasteiger charge is -2.30. The molecule has 1 amide bonds. The molecule has 3 rings (SSSR count). The summed E-state index contributed by atoms with van der Waals surface area (Å²) in [5, 5.41) is 4.19. The van der Waals surface area contributed by atoms with Gasteiger partial charge in [-0.3, -0.25) is 4.79 Å². The monoisotopic (exact) mass is 349 g/mol. The maximum atomic E-state index is 12.2. The van der Waals surface area contributed by atoms with Crippen LogP contribution in [-0.4, -0.2) is 49.0 Å². The largest absolute Gasteiger partial charge is 0.361 e. The Morgan fingerprint density at radius 3 is 2.71 bits per heavy atom. The number of H-pyrrole nitrogens is 1. The van der Waals surface area contributed by atoms with Gasteiger partial charge >= 0.3 is 0 Å². The van der Waals surface area contributed by atoms with Crippen molar-refractivity contribution in [1.82, 2.24) is 14.6 Å².